The SMILES string of the molecule is C=CC(=O)N1CCC[C@H]1c1nc(-c2ccc(OCc3ccc(F)c(C)c3)cc2)c2cnccn12.C=CC(=O)N1CCC[C@H]1c1nc(-c2ccc(OCc3cccc(F)c3)cc2)c2cnccn12.CC#CC(=O)N1CCC[C@H]1c1nc(-c2ccc(OCc3ccc(F)c(F)c3)cc2)c2cnccn12. The number of hydrogen-bond acceptors (Lipinski definition) is 12. The Morgan fingerprint density at radius 1 is 0.490 bits per heavy atom. The van der Waals surface area contributed by atoms with Gasteiger partial charge in [-0.25, -0.2) is 32.5 Å². The van der Waals surface area contributed by atoms with Crippen LogP contribution in [0.3, 0.4) is 0 Å². The van der Waals surface area contributed by atoms with Crippen molar-refractivity contribution < 1.29 is 46.2 Å². The van der Waals surface area contributed by atoms with Crippen LogP contribution in [-0.2, 0) is 34.2 Å². The van der Waals surface area contributed by atoms with Gasteiger partial charge in [-0.05, 0) is 202 Å². The van der Waals surface area contributed by atoms with Gasteiger partial charge in [0, 0.05) is 73.5 Å². The van der Waals surface area contributed by atoms with Crippen LogP contribution in [0.5, 0.6) is 17.2 Å². The van der Waals surface area contributed by atoms with Crippen LogP contribution in [-0.4, -0.2) is 95.2 Å². The van der Waals surface area contributed by atoms with E-state index in [1.807, 2.05) is 108 Å². The average Bonchev–Trinajstić information content (AvgIpc) is 1.63. The van der Waals surface area contributed by atoms with Crippen LogP contribution in [0.15, 0.2) is 215 Å². The second-order valence-corrected chi connectivity index (χ2v) is 24.7. The van der Waals surface area contributed by atoms with Gasteiger partial charge in [0.15, 0.2) is 11.6 Å². The largest absolute Gasteiger partial charge is 0.489 e. The Morgan fingerprint density at radius 2 is 0.882 bits per heavy atom. The highest BCUT2D eigenvalue weighted by molar-refractivity contribution is 5.94. The van der Waals surface area contributed by atoms with Crippen molar-refractivity contribution in [3.8, 4) is 62.9 Å². The maximum atomic E-state index is 13.5. The molecule has 9 heterocycles. The molecule has 0 spiro atoms. The highest BCUT2D eigenvalue weighted by Crippen LogP contribution is 2.39. The van der Waals surface area contributed by atoms with Gasteiger partial charge in [0.1, 0.15) is 66.2 Å². The first-order valence-corrected chi connectivity index (χ1v) is 33.4. The highest BCUT2D eigenvalue weighted by atomic mass is 19.2. The lowest BCUT2D eigenvalue weighted by Crippen LogP contribution is -2.30. The van der Waals surface area contributed by atoms with Gasteiger partial charge in [0.25, 0.3) is 5.91 Å². The summed E-state index contributed by atoms with van der Waals surface area (Å²) in [5.74, 6) is 7.11. The van der Waals surface area contributed by atoms with Gasteiger partial charge in [-0.2, -0.15) is 0 Å². The Hall–Kier alpha value is -12.3. The van der Waals surface area contributed by atoms with Gasteiger partial charge >= 0.3 is 0 Å². The summed E-state index contributed by atoms with van der Waals surface area (Å²) in [4.78, 5) is 70.4. The van der Waals surface area contributed by atoms with Gasteiger partial charge in [0.2, 0.25) is 11.8 Å². The molecule has 3 aliphatic heterocycles. The quantitative estimate of drug-likeness (QED) is 0.0479. The molecule has 102 heavy (non-hydrogen) atoms. The number of hydrogen-bond donors (Lipinski definition) is 0. The zero-order valence-electron chi connectivity index (χ0n) is 56.0. The molecule has 18 nitrogen and oxygen atoms in total. The fourth-order valence-corrected chi connectivity index (χ4v) is 13.2. The molecule has 3 atom stereocenters. The summed E-state index contributed by atoms with van der Waals surface area (Å²) >= 11 is 0. The maximum absolute atomic E-state index is 13.5. The van der Waals surface area contributed by atoms with Crippen molar-refractivity contribution in [1.29, 1.82) is 0 Å². The number of carbonyl (C=O) groups excluding carboxylic acids is 3. The maximum Gasteiger partial charge on any atom is 0.299 e. The lowest BCUT2D eigenvalue weighted by molar-refractivity contribution is -0.127. The van der Waals surface area contributed by atoms with Crippen molar-refractivity contribution in [2.24, 2.45) is 0 Å². The zero-order valence-corrected chi connectivity index (χ0v) is 56.0. The Labute approximate surface area is 585 Å². The van der Waals surface area contributed by atoms with E-state index in [-0.39, 0.29) is 60.7 Å². The molecular weight excluding hydrogens is 1300 g/mol. The van der Waals surface area contributed by atoms with E-state index in [0.29, 0.717) is 54.6 Å². The van der Waals surface area contributed by atoms with E-state index >= 15 is 0 Å². The minimum absolute atomic E-state index is 0.0762. The number of aryl methyl sites for hydroxylation is 1. The zero-order chi connectivity index (χ0) is 70.8. The van der Waals surface area contributed by atoms with Gasteiger partial charge in [0.05, 0.1) is 70.3 Å². The molecule has 0 N–H and O–H groups in total. The van der Waals surface area contributed by atoms with Gasteiger partial charge in [-0.15, -0.1) is 0 Å². The van der Waals surface area contributed by atoms with Gasteiger partial charge < -0.3 is 28.9 Å². The number of benzene rings is 6. The third kappa shape index (κ3) is 14.9. The Kier molecular flexibility index (Phi) is 20.7. The fourth-order valence-electron chi connectivity index (χ4n) is 13.2. The topological polar surface area (TPSA) is 179 Å². The average molecular weight is 1370 g/mol. The van der Waals surface area contributed by atoms with Crippen LogP contribution in [0, 0.1) is 42.0 Å². The molecule has 0 bridgehead atoms. The number of imidazole rings is 3. The summed E-state index contributed by atoms with van der Waals surface area (Å²) in [6.45, 7) is 13.5. The van der Waals surface area contributed by atoms with Gasteiger partial charge in [-0.1, -0.05) is 43.3 Å². The van der Waals surface area contributed by atoms with Crippen LogP contribution in [0.1, 0.15) is 103 Å². The molecule has 6 aromatic heterocycles. The minimum atomic E-state index is -0.901. The van der Waals surface area contributed by atoms with E-state index < -0.39 is 11.6 Å². The number of carbonyl (C=O) groups is 3. The van der Waals surface area contributed by atoms with Gasteiger partial charge in [-0.3, -0.25) is 42.5 Å². The summed E-state index contributed by atoms with van der Waals surface area (Å²) in [5, 5.41) is 0. The van der Waals surface area contributed by atoms with E-state index in [1.54, 1.807) is 86.3 Å². The Balaban J connectivity index is 0.000000137. The van der Waals surface area contributed by atoms with Crippen molar-refractivity contribution >= 4 is 34.3 Å². The number of rotatable bonds is 17. The number of ether oxygens (including phenoxy) is 3. The van der Waals surface area contributed by atoms with Crippen LogP contribution < -0.4 is 14.2 Å². The lowest BCUT2D eigenvalue weighted by atomic mass is 10.1. The molecule has 12 aromatic rings. The molecule has 3 saturated heterocycles. The Bertz CT molecular complexity index is 5150. The summed E-state index contributed by atoms with van der Waals surface area (Å²) in [6, 6.07) is 37.4. The number of halogens is 4. The second-order valence-electron chi connectivity index (χ2n) is 24.7. The lowest BCUT2D eigenvalue weighted by Gasteiger charge is -2.22. The third-order valence-corrected chi connectivity index (χ3v) is 18.2. The first-order valence-electron chi connectivity index (χ1n) is 33.4. The van der Waals surface area contributed by atoms with Crippen molar-refractivity contribution in [2.75, 3.05) is 19.6 Å². The van der Waals surface area contributed by atoms with E-state index in [9.17, 15) is 31.9 Å². The highest BCUT2D eigenvalue weighted by Gasteiger charge is 2.36. The van der Waals surface area contributed by atoms with E-state index in [2.05, 4.69) is 40.0 Å². The number of fused-ring (bicyclic) bond motifs is 3. The predicted octanol–water partition coefficient (Wildman–Crippen LogP) is 15.2. The molecule has 15 rings (SSSR count). The summed E-state index contributed by atoms with van der Waals surface area (Å²) in [5.41, 5.74) is 10.5. The van der Waals surface area contributed by atoms with Crippen molar-refractivity contribution in [3.05, 3.63) is 278 Å². The second kappa shape index (κ2) is 30.9. The number of amides is 3. The standard InChI is InChI=1S/C27H22F2N4O2.C27H25FN4O2.C26H23FN4O2/c1-2-4-25(34)32-13-3-5-23(32)27-31-26(24-16-30-12-14-33(24)27)19-7-9-20(10-8-19)35-17-18-6-11-21(28)22(29)15-18;1-3-25(33)31-13-4-5-23(31)27-30-26(24-16-29-12-14-32(24)27)20-7-9-21(10-8-20)34-17-19-6-11-22(28)18(2)15-19;1-2-24(32)30-13-4-7-22(30)26-29-25(23-16-28-12-14-31(23)26)19-8-10-21(11-9-19)33-17-18-5-3-6-20(27)15-18/h6-12,14-16,23H,3,5,13,17H2,1H3;3,6-12,14-16,23H,1,4-5,13,17H2,2H3;2-3,5-6,8-12,14-16,22H,1,4,7,13,17H2/t2*23-;22-/m000/s1. The summed E-state index contributed by atoms with van der Waals surface area (Å²) in [7, 11) is 0. The van der Waals surface area contributed by atoms with Crippen molar-refractivity contribution in [1.82, 2.24) is 57.8 Å². The molecule has 22 heteroatoms. The van der Waals surface area contributed by atoms with E-state index in [4.69, 9.17) is 29.2 Å². The van der Waals surface area contributed by atoms with Crippen LogP contribution in [0.25, 0.3) is 50.3 Å². The normalized spacial score (nSPS) is 15.5. The van der Waals surface area contributed by atoms with Crippen molar-refractivity contribution in [2.45, 2.75) is 90.3 Å². The molecule has 3 aliphatic rings. The molecule has 0 aliphatic carbocycles. The number of nitrogens with zero attached hydrogens (tertiary/aromatic N) is 12. The third-order valence-electron chi connectivity index (χ3n) is 18.2. The number of aromatic nitrogens is 9. The molecule has 0 saturated carbocycles. The smallest absolute Gasteiger partial charge is 0.299 e. The monoisotopic (exact) mass is 1370 g/mol. The van der Waals surface area contributed by atoms with E-state index in [0.717, 1.165) is 130 Å². The molecular formula is C80H70F4N12O6. The molecule has 0 radical (unpaired) electrons. The van der Waals surface area contributed by atoms with Crippen LogP contribution in [0.4, 0.5) is 17.6 Å². The Morgan fingerprint density at radius 3 is 1.27 bits per heavy atom. The molecule has 0 unspecified atom stereocenters. The first kappa shape index (κ1) is 68.3. The predicted molar refractivity (Wildman–Crippen MR) is 377 cm³/mol. The molecule has 3 amide bonds. The molecule has 514 valence electrons. The summed E-state index contributed by atoms with van der Waals surface area (Å²) < 4.78 is 76.8. The first-order chi connectivity index (χ1) is 49.7. The fraction of sp³-hybridized carbons (Fsp3) is 0.212. The summed E-state index contributed by atoms with van der Waals surface area (Å²) in [6.07, 6.45) is 24.1. The molecule has 3 fully saturated rings. The minimum Gasteiger partial charge on any atom is -0.489 e. The molecule has 6 aromatic carbocycles. The van der Waals surface area contributed by atoms with Crippen LogP contribution in [0.2, 0.25) is 0 Å². The van der Waals surface area contributed by atoms with Crippen molar-refractivity contribution in [3.63, 3.8) is 0 Å². The van der Waals surface area contributed by atoms with E-state index in [1.165, 1.54) is 36.4 Å². The van der Waals surface area contributed by atoms with Crippen LogP contribution >= 0.6 is 0 Å². The number of likely N-dealkylation sites (tertiary alicyclic amines) is 3.